The Bertz CT molecular complexity index is 835. The number of anilines is 2. The molecule has 1 amide bonds. The average Bonchev–Trinajstić information content (AvgIpc) is 3.63. The van der Waals surface area contributed by atoms with Crippen molar-refractivity contribution in [1.82, 2.24) is 15.3 Å². The molecule has 0 unspecified atom stereocenters. The minimum atomic E-state index is -0.113. The fourth-order valence-electron chi connectivity index (χ4n) is 3.58. The first kappa shape index (κ1) is 20.6. The first-order chi connectivity index (χ1) is 14.7. The molecule has 0 bridgehead atoms. The van der Waals surface area contributed by atoms with E-state index >= 15 is 0 Å². The van der Waals surface area contributed by atoms with Crippen LogP contribution in [0.2, 0.25) is 0 Å². The molecule has 30 heavy (non-hydrogen) atoms. The van der Waals surface area contributed by atoms with Crippen LogP contribution in [0.15, 0.2) is 36.4 Å². The zero-order valence-corrected chi connectivity index (χ0v) is 17.7. The fourth-order valence-corrected chi connectivity index (χ4v) is 3.58. The van der Waals surface area contributed by atoms with Crippen LogP contribution in [0.25, 0.3) is 0 Å². The molecule has 2 aliphatic rings. The number of aromatic nitrogens is 2. The van der Waals surface area contributed by atoms with Crippen LogP contribution < -0.4 is 15.1 Å². The lowest BCUT2D eigenvalue weighted by molar-refractivity contribution is 0.0946. The normalized spacial score (nSPS) is 16.4. The van der Waals surface area contributed by atoms with Crippen LogP contribution in [0.3, 0.4) is 0 Å². The van der Waals surface area contributed by atoms with Crippen molar-refractivity contribution in [3.05, 3.63) is 47.7 Å². The minimum absolute atomic E-state index is 0.113. The Morgan fingerprint density at radius 3 is 2.70 bits per heavy atom. The van der Waals surface area contributed by atoms with Crippen molar-refractivity contribution in [2.45, 2.75) is 25.7 Å². The second-order valence-corrected chi connectivity index (χ2v) is 8.17. The Labute approximate surface area is 178 Å². The standard InChI is InChI=1S/C23H31N5O2/c1-27(11-5-8-18-6-3-2-4-7-18)23-25-20(22(29)24-17-19-9-10-19)16-21(26-23)28-12-14-30-15-13-28/h2-4,6-7,16,19H,5,8-15,17H2,1H3,(H,24,29). The van der Waals surface area contributed by atoms with Gasteiger partial charge in [0.25, 0.3) is 5.91 Å². The number of nitrogens with one attached hydrogen (secondary N) is 1. The molecule has 7 nitrogen and oxygen atoms in total. The number of carbonyl (C=O) groups is 1. The number of benzene rings is 1. The molecule has 2 aromatic rings. The van der Waals surface area contributed by atoms with E-state index in [1.54, 1.807) is 0 Å². The fraction of sp³-hybridized carbons (Fsp3) is 0.522. The van der Waals surface area contributed by atoms with Gasteiger partial charge in [-0.05, 0) is 37.2 Å². The maximum Gasteiger partial charge on any atom is 0.270 e. The maximum absolute atomic E-state index is 12.7. The Morgan fingerprint density at radius 2 is 1.97 bits per heavy atom. The second-order valence-electron chi connectivity index (χ2n) is 8.17. The summed E-state index contributed by atoms with van der Waals surface area (Å²) >= 11 is 0. The van der Waals surface area contributed by atoms with Crippen LogP contribution in [0.5, 0.6) is 0 Å². The Kier molecular flexibility index (Phi) is 6.79. The third-order valence-electron chi connectivity index (χ3n) is 5.66. The van der Waals surface area contributed by atoms with Crippen molar-refractivity contribution in [3.63, 3.8) is 0 Å². The van der Waals surface area contributed by atoms with Gasteiger partial charge in [0.05, 0.1) is 13.2 Å². The molecule has 2 heterocycles. The SMILES string of the molecule is CN(CCCc1ccccc1)c1nc(C(=O)NCC2CC2)cc(N2CCOCC2)n1. The van der Waals surface area contributed by atoms with Crippen LogP contribution in [0.1, 0.15) is 35.3 Å². The molecule has 1 aromatic carbocycles. The summed E-state index contributed by atoms with van der Waals surface area (Å²) in [5.74, 6) is 1.92. The molecule has 1 saturated carbocycles. The summed E-state index contributed by atoms with van der Waals surface area (Å²) in [7, 11) is 2.00. The predicted octanol–water partition coefficient (Wildman–Crippen LogP) is 2.52. The minimum Gasteiger partial charge on any atom is -0.378 e. The molecule has 7 heteroatoms. The van der Waals surface area contributed by atoms with Crippen molar-refractivity contribution in [2.24, 2.45) is 5.92 Å². The van der Waals surface area contributed by atoms with Gasteiger partial charge in [0.15, 0.2) is 0 Å². The van der Waals surface area contributed by atoms with Gasteiger partial charge in [-0.3, -0.25) is 4.79 Å². The molecule has 1 aliphatic heterocycles. The van der Waals surface area contributed by atoms with E-state index in [0.29, 0.717) is 30.8 Å². The molecule has 160 valence electrons. The number of amides is 1. The maximum atomic E-state index is 12.7. The summed E-state index contributed by atoms with van der Waals surface area (Å²) in [6, 6.07) is 12.3. The summed E-state index contributed by atoms with van der Waals surface area (Å²) in [4.78, 5) is 26.3. The van der Waals surface area contributed by atoms with Gasteiger partial charge in [-0.1, -0.05) is 30.3 Å². The largest absolute Gasteiger partial charge is 0.378 e. The summed E-state index contributed by atoms with van der Waals surface area (Å²) in [5.41, 5.74) is 1.77. The van der Waals surface area contributed by atoms with E-state index in [-0.39, 0.29) is 5.91 Å². The monoisotopic (exact) mass is 409 g/mol. The van der Waals surface area contributed by atoms with Crippen LogP contribution >= 0.6 is 0 Å². The smallest absolute Gasteiger partial charge is 0.270 e. The molecule has 1 aliphatic carbocycles. The van der Waals surface area contributed by atoms with Crippen molar-refractivity contribution in [1.29, 1.82) is 0 Å². The van der Waals surface area contributed by atoms with Crippen LogP contribution in [-0.4, -0.2) is 62.3 Å². The van der Waals surface area contributed by atoms with Gasteiger partial charge in [-0.25, -0.2) is 4.98 Å². The van der Waals surface area contributed by atoms with Gasteiger partial charge in [0, 0.05) is 39.3 Å². The lowest BCUT2D eigenvalue weighted by Crippen LogP contribution is -2.37. The summed E-state index contributed by atoms with van der Waals surface area (Å²) in [6.45, 7) is 4.46. The van der Waals surface area contributed by atoms with E-state index in [9.17, 15) is 4.79 Å². The summed E-state index contributed by atoms with van der Waals surface area (Å²) in [5, 5.41) is 3.03. The van der Waals surface area contributed by atoms with Gasteiger partial charge < -0.3 is 19.9 Å². The molecule has 0 radical (unpaired) electrons. The quantitative estimate of drug-likeness (QED) is 0.686. The highest BCUT2D eigenvalue weighted by Crippen LogP contribution is 2.27. The topological polar surface area (TPSA) is 70.6 Å². The van der Waals surface area contributed by atoms with Gasteiger partial charge in [0.2, 0.25) is 5.95 Å². The van der Waals surface area contributed by atoms with E-state index in [2.05, 4.69) is 39.5 Å². The molecular weight excluding hydrogens is 378 g/mol. The number of rotatable bonds is 9. The number of morpholine rings is 1. The first-order valence-electron chi connectivity index (χ1n) is 10.9. The van der Waals surface area contributed by atoms with Gasteiger partial charge >= 0.3 is 0 Å². The van der Waals surface area contributed by atoms with Crippen molar-refractivity contribution < 1.29 is 9.53 Å². The van der Waals surface area contributed by atoms with E-state index in [1.165, 1.54) is 18.4 Å². The molecule has 0 atom stereocenters. The lowest BCUT2D eigenvalue weighted by Gasteiger charge is -2.29. The van der Waals surface area contributed by atoms with Crippen LogP contribution in [-0.2, 0) is 11.2 Å². The summed E-state index contributed by atoms with van der Waals surface area (Å²) in [6.07, 6.45) is 4.41. The zero-order valence-electron chi connectivity index (χ0n) is 17.7. The number of nitrogens with zero attached hydrogens (tertiary/aromatic N) is 4. The number of ether oxygens (including phenoxy) is 1. The second kappa shape index (κ2) is 9.89. The number of hydrogen-bond acceptors (Lipinski definition) is 6. The van der Waals surface area contributed by atoms with E-state index < -0.39 is 0 Å². The Hall–Kier alpha value is -2.67. The Balaban J connectivity index is 1.46. The zero-order chi connectivity index (χ0) is 20.8. The van der Waals surface area contributed by atoms with Gasteiger partial charge in [-0.15, -0.1) is 0 Å². The van der Waals surface area contributed by atoms with Crippen molar-refractivity contribution >= 4 is 17.7 Å². The number of aryl methyl sites for hydroxylation is 1. The third kappa shape index (κ3) is 5.69. The predicted molar refractivity (Wildman–Crippen MR) is 118 cm³/mol. The highest BCUT2D eigenvalue weighted by Gasteiger charge is 2.23. The van der Waals surface area contributed by atoms with E-state index in [1.807, 2.05) is 24.1 Å². The van der Waals surface area contributed by atoms with Gasteiger partial charge in [0.1, 0.15) is 11.5 Å². The third-order valence-corrected chi connectivity index (χ3v) is 5.66. The molecule has 1 N–H and O–H groups in total. The van der Waals surface area contributed by atoms with Gasteiger partial charge in [-0.2, -0.15) is 4.98 Å². The van der Waals surface area contributed by atoms with Crippen molar-refractivity contribution in [2.75, 3.05) is 56.2 Å². The highest BCUT2D eigenvalue weighted by molar-refractivity contribution is 5.93. The molecule has 4 rings (SSSR count). The first-order valence-corrected chi connectivity index (χ1v) is 10.9. The van der Waals surface area contributed by atoms with E-state index in [0.717, 1.165) is 44.8 Å². The average molecular weight is 410 g/mol. The molecular formula is C23H31N5O2. The molecule has 1 aromatic heterocycles. The van der Waals surface area contributed by atoms with Crippen molar-refractivity contribution in [3.8, 4) is 0 Å². The van der Waals surface area contributed by atoms with Crippen LogP contribution in [0.4, 0.5) is 11.8 Å². The Morgan fingerprint density at radius 1 is 1.20 bits per heavy atom. The highest BCUT2D eigenvalue weighted by atomic mass is 16.5. The lowest BCUT2D eigenvalue weighted by atomic mass is 10.1. The number of hydrogen-bond donors (Lipinski definition) is 1. The van der Waals surface area contributed by atoms with E-state index in [4.69, 9.17) is 9.72 Å². The molecule has 1 saturated heterocycles. The van der Waals surface area contributed by atoms with Crippen LogP contribution in [0, 0.1) is 5.92 Å². The molecule has 2 fully saturated rings. The number of carbonyl (C=O) groups excluding carboxylic acids is 1. The summed E-state index contributed by atoms with van der Waals surface area (Å²) < 4.78 is 5.47. The molecule has 0 spiro atoms.